The second-order valence-corrected chi connectivity index (χ2v) is 6.22. The van der Waals surface area contributed by atoms with E-state index in [1.54, 1.807) is 18.2 Å². The predicted octanol–water partition coefficient (Wildman–Crippen LogP) is 4.85. The first kappa shape index (κ1) is 16.4. The third kappa shape index (κ3) is 3.37. The molecule has 2 aromatic carbocycles. The van der Waals surface area contributed by atoms with Crippen LogP contribution in [0.3, 0.4) is 0 Å². The number of aliphatic hydroxyl groups is 1. The summed E-state index contributed by atoms with van der Waals surface area (Å²) < 4.78 is 6.30. The summed E-state index contributed by atoms with van der Waals surface area (Å²) in [6, 6.07) is 14.5. The molecule has 3 rings (SSSR count). The molecule has 1 heterocycles. The number of ether oxygens (including phenoxy) is 1. The maximum absolute atomic E-state index is 10.2. The number of aromatic amines is 1. The number of aromatic nitrogens is 2. The van der Waals surface area contributed by atoms with Gasteiger partial charge in [-0.1, -0.05) is 39.7 Å². The van der Waals surface area contributed by atoms with Crippen molar-refractivity contribution in [1.82, 2.24) is 9.97 Å². The molecule has 3 aromatic rings. The first-order chi connectivity index (χ1) is 11.6. The van der Waals surface area contributed by atoms with Crippen LogP contribution >= 0.6 is 27.5 Å². The minimum Gasteiger partial charge on any atom is -0.507 e. The summed E-state index contributed by atoms with van der Waals surface area (Å²) in [5, 5.41) is 20.0. The molecule has 0 saturated carbocycles. The maximum atomic E-state index is 10.2. The van der Waals surface area contributed by atoms with Crippen LogP contribution in [0.1, 0.15) is 5.82 Å². The van der Waals surface area contributed by atoms with Crippen LogP contribution < -0.4 is 4.74 Å². The molecule has 0 bridgehead atoms. The SMILES string of the molecule is N#C/C(=C(/O)COc1ccc(Br)cc1Cl)c1nc2ccccc2[nH]1. The summed E-state index contributed by atoms with van der Waals surface area (Å²) in [7, 11) is 0. The van der Waals surface area contributed by atoms with E-state index in [0.717, 1.165) is 9.99 Å². The van der Waals surface area contributed by atoms with E-state index in [-0.39, 0.29) is 17.9 Å². The van der Waals surface area contributed by atoms with E-state index in [0.29, 0.717) is 22.1 Å². The number of nitrogens with one attached hydrogen (secondary N) is 1. The fraction of sp³-hybridized carbons (Fsp3) is 0.0588. The Kier molecular flexibility index (Phi) is 4.74. The van der Waals surface area contributed by atoms with Gasteiger partial charge >= 0.3 is 0 Å². The topological polar surface area (TPSA) is 81.9 Å². The lowest BCUT2D eigenvalue weighted by Gasteiger charge is -2.08. The highest BCUT2D eigenvalue weighted by Crippen LogP contribution is 2.28. The minimum atomic E-state index is -0.226. The van der Waals surface area contributed by atoms with Crippen LogP contribution in [-0.4, -0.2) is 21.7 Å². The number of benzene rings is 2. The molecule has 0 amide bonds. The standard InChI is InChI=1S/C17H11BrClN3O2/c18-10-5-6-16(12(19)7-10)24-9-15(23)11(8-20)17-21-13-3-1-2-4-14(13)22-17/h1-7,23H,9H2,(H,21,22)/b15-11-. The molecule has 5 nitrogen and oxygen atoms in total. The van der Waals surface area contributed by atoms with Gasteiger partial charge in [-0.25, -0.2) is 4.98 Å². The third-order valence-corrected chi connectivity index (χ3v) is 4.07. The minimum absolute atomic E-state index is 0.0273. The van der Waals surface area contributed by atoms with Gasteiger partial charge in [0, 0.05) is 4.47 Å². The quantitative estimate of drug-likeness (QED) is 0.481. The van der Waals surface area contributed by atoms with E-state index in [2.05, 4.69) is 25.9 Å². The van der Waals surface area contributed by atoms with Gasteiger partial charge in [0.2, 0.25) is 0 Å². The van der Waals surface area contributed by atoms with E-state index in [4.69, 9.17) is 16.3 Å². The number of hydrogen-bond acceptors (Lipinski definition) is 4. The van der Waals surface area contributed by atoms with E-state index < -0.39 is 0 Å². The van der Waals surface area contributed by atoms with Gasteiger partial charge in [-0.05, 0) is 30.3 Å². The fourth-order valence-corrected chi connectivity index (χ4v) is 2.86. The lowest BCUT2D eigenvalue weighted by molar-refractivity contribution is 0.272. The number of rotatable bonds is 4. The summed E-state index contributed by atoms with van der Waals surface area (Å²) in [4.78, 5) is 7.31. The molecule has 2 N–H and O–H groups in total. The van der Waals surface area contributed by atoms with Crippen molar-refractivity contribution in [2.75, 3.05) is 6.61 Å². The smallest absolute Gasteiger partial charge is 0.152 e. The van der Waals surface area contributed by atoms with Crippen molar-refractivity contribution >= 4 is 44.1 Å². The summed E-state index contributed by atoms with van der Waals surface area (Å²) in [6.45, 7) is -0.193. The van der Waals surface area contributed by atoms with Gasteiger partial charge in [0.15, 0.2) is 11.6 Å². The molecule has 7 heteroatoms. The molecule has 0 unspecified atom stereocenters. The number of imidazole rings is 1. The van der Waals surface area contributed by atoms with Crippen LogP contribution in [-0.2, 0) is 0 Å². The Hall–Kier alpha value is -2.49. The van der Waals surface area contributed by atoms with E-state index in [1.807, 2.05) is 30.3 Å². The first-order valence-corrected chi connectivity index (χ1v) is 8.11. The fourth-order valence-electron chi connectivity index (χ4n) is 2.14. The Morgan fingerprint density at radius 3 is 2.83 bits per heavy atom. The number of para-hydroxylation sites is 2. The summed E-state index contributed by atoms with van der Waals surface area (Å²) in [6.07, 6.45) is 0. The first-order valence-electron chi connectivity index (χ1n) is 6.93. The number of fused-ring (bicyclic) bond motifs is 1. The Morgan fingerprint density at radius 2 is 2.12 bits per heavy atom. The summed E-state index contributed by atoms with van der Waals surface area (Å²) in [5.74, 6) is 0.477. The van der Waals surface area contributed by atoms with Crippen LogP contribution in [0.15, 0.2) is 52.7 Å². The van der Waals surface area contributed by atoms with Crippen LogP contribution in [0.4, 0.5) is 0 Å². The van der Waals surface area contributed by atoms with Crippen molar-refractivity contribution in [3.05, 3.63) is 63.5 Å². The number of hydrogen-bond donors (Lipinski definition) is 2. The molecule has 0 fully saturated rings. The highest BCUT2D eigenvalue weighted by molar-refractivity contribution is 9.10. The van der Waals surface area contributed by atoms with Crippen molar-refractivity contribution < 1.29 is 9.84 Å². The van der Waals surface area contributed by atoms with Gasteiger partial charge in [0.1, 0.15) is 24.0 Å². The van der Waals surface area contributed by atoms with Gasteiger partial charge in [-0.2, -0.15) is 5.26 Å². The number of allylic oxidation sites excluding steroid dienone is 1. The van der Waals surface area contributed by atoms with Gasteiger partial charge in [0.05, 0.1) is 16.1 Å². The Bertz CT molecular complexity index is 942. The second kappa shape index (κ2) is 6.95. The molecular weight excluding hydrogens is 394 g/mol. The van der Waals surface area contributed by atoms with E-state index in [1.165, 1.54) is 0 Å². The van der Waals surface area contributed by atoms with Gasteiger partial charge in [-0.3, -0.25) is 0 Å². The molecule has 0 atom stereocenters. The molecule has 0 saturated heterocycles. The molecule has 0 aliphatic carbocycles. The monoisotopic (exact) mass is 403 g/mol. The zero-order chi connectivity index (χ0) is 17.1. The Balaban J connectivity index is 1.86. The molecule has 24 heavy (non-hydrogen) atoms. The zero-order valence-electron chi connectivity index (χ0n) is 12.3. The zero-order valence-corrected chi connectivity index (χ0v) is 14.6. The Labute approximate surface area is 151 Å². The van der Waals surface area contributed by atoms with Crippen LogP contribution in [0.2, 0.25) is 5.02 Å². The molecule has 0 radical (unpaired) electrons. The Morgan fingerprint density at radius 1 is 1.33 bits per heavy atom. The van der Waals surface area contributed by atoms with Crippen LogP contribution in [0.5, 0.6) is 5.75 Å². The largest absolute Gasteiger partial charge is 0.507 e. The van der Waals surface area contributed by atoms with Crippen molar-refractivity contribution in [2.24, 2.45) is 0 Å². The number of H-pyrrole nitrogens is 1. The number of halogens is 2. The second-order valence-electron chi connectivity index (χ2n) is 4.90. The normalized spacial score (nSPS) is 11.9. The van der Waals surface area contributed by atoms with Gasteiger partial charge < -0.3 is 14.8 Å². The molecule has 0 aliphatic heterocycles. The number of aliphatic hydroxyl groups excluding tert-OH is 1. The molecule has 0 aliphatic rings. The lowest BCUT2D eigenvalue weighted by Crippen LogP contribution is -2.04. The average molecular weight is 405 g/mol. The number of nitrogens with zero attached hydrogens (tertiary/aromatic N) is 2. The maximum Gasteiger partial charge on any atom is 0.152 e. The van der Waals surface area contributed by atoms with Crippen molar-refractivity contribution in [3.8, 4) is 11.8 Å². The average Bonchev–Trinajstić information content (AvgIpc) is 2.98. The van der Waals surface area contributed by atoms with Crippen molar-refractivity contribution in [1.29, 1.82) is 5.26 Å². The van der Waals surface area contributed by atoms with Crippen LogP contribution in [0, 0.1) is 11.3 Å². The summed E-state index contributed by atoms with van der Waals surface area (Å²) >= 11 is 9.36. The van der Waals surface area contributed by atoms with E-state index in [9.17, 15) is 10.4 Å². The highest BCUT2D eigenvalue weighted by Gasteiger charge is 2.14. The molecule has 0 spiro atoms. The third-order valence-electron chi connectivity index (χ3n) is 3.28. The van der Waals surface area contributed by atoms with Gasteiger partial charge in [-0.15, -0.1) is 0 Å². The van der Waals surface area contributed by atoms with Crippen molar-refractivity contribution in [2.45, 2.75) is 0 Å². The molecule has 120 valence electrons. The number of nitriles is 1. The molecular formula is C17H11BrClN3O2. The molecule has 1 aromatic heterocycles. The lowest BCUT2D eigenvalue weighted by atomic mass is 10.2. The predicted molar refractivity (Wildman–Crippen MR) is 95.9 cm³/mol. The highest BCUT2D eigenvalue weighted by atomic mass is 79.9. The van der Waals surface area contributed by atoms with Gasteiger partial charge in [0.25, 0.3) is 0 Å². The summed E-state index contributed by atoms with van der Waals surface area (Å²) in [5.41, 5.74) is 1.52. The van der Waals surface area contributed by atoms with Crippen molar-refractivity contribution in [3.63, 3.8) is 0 Å². The van der Waals surface area contributed by atoms with Crippen LogP contribution in [0.25, 0.3) is 16.6 Å². The van der Waals surface area contributed by atoms with E-state index >= 15 is 0 Å².